The van der Waals surface area contributed by atoms with Crippen LogP contribution in [0.2, 0.25) is 0 Å². The van der Waals surface area contributed by atoms with Gasteiger partial charge >= 0.3 is 59.1 Å². The summed E-state index contributed by atoms with van der Waals surface area (Å²) in [5.41, 5.74) is -0.755. The van der Waals surface area contributed by atoms with Crippen LogP contribution in [0.4, 0.5) is 0 Å². The van der Waals surface area contributed by atoms with E-state index in [0.717, 1.165) is 30.3 Å². The van der Waals surface area contributed by atoms with E-state index in [4.69, 9.17) is 4.55 Å². The molecule has 0 amide bonds. The van der Waals surface area contributed by atoms with Crippen LogP contribution in [-0.4, -0.2) is 24.9 Å². The summed E-state index contributed by atoms with van der Waals surface area (Å²) >= 11 is 0. The molecule has 0 bridgehead atoms. The maximum absolute atomic E-state index is 11.3. The summed E-state index contributed by atoms with van der Waals surface area (Å²) in [5.74, 6) is -3.16. The van der Waals surface area contributed by atoms with Crippen LogP contribution in [0, 0.1) is 0 Å². The Bertz CT molecular complexity index is 841. The van der Waals surface area contributed by atoms with Gasteiger partial charge in [-0.2, -0.15) is 8.42 Å². The molecule has 0 aliphatic rings. The molecular formula is C12H6Na2O7S. The molecule has 0 radical (unpaired) electrons. The minimum Gasteiger partial charge on any atom is -0.545 e. The Kier molecular flexibility index (Phi) is 7.73. The van der Waals surface area contributed by atoms with Crippen molar-refractivity contribution in [3.8, 4) is 0 Å². The molecule has 7 nitrogen and oxygen atoms in total. The average Bonchev–Trinajstić information content (AvgIpc) is 2.35. The van der Waals surface area contributed by atoms with Crippen molar-refractivity contribution >= 4 is 32.8 Å². The molecule has 0 spiro atoms. The number of carboxylic acids is 2. The van der Waals surface area contributed by atoms with Crippen LogP contribution in [0.25, 0.3) is 10.8 Å². The monoisotopic (exact) mass is 340 g/mol. The number of rotatable bonds is 3. The second kappa shape index (κ2) is 7.89. The number of hydrogen-bond donors (Lipinski definition) is 1. The summed E-state index contributed by atoms with van der Waals surface area (Å²) in [4.78, 5) is 20.9. The van der Waals surface area contributed by atoms with Gasteiger partial charge in [-0.05, 0) is 34.7 Å². The van der Waals surface area contributed by atoms with Crippen LogP contribution in [0.3, 0.4) is 0 Å². The van der Waals surface area contributed by atoms with E-state index in [9.17, 15) is 28.2 Å². The first-order valence-electron chi connectivity index (χ1n) is 5.18. The first kappa shape index (κ1) is 21.6. The van der Waals surface area contributed by atoms with Crippen molar-refractivity contribution in [2.24, 2.45) is 0 Å². The number of fused-ring (bicyclic) bond motifs is 1. The van der Waals surface area contributed by atoms with E-state index in [-0.39, 0.29) is 75.5 Å². The fourth-order valence-electron chi connectivity index (χ4n) is 1.79. The molecule has 0 saturated heterocycles. The predicted octanol–water partition coefficient (Wildman–Crippen LogP) is -7.18. The van der Waals surface area contributed by atoms with Gasteiger partial charge in [0.25, 0.3) is 10.1 Å². The van der Waals surface area contributed by atoms with Crippen molar-refractivity contribution in [1.29, 1.82) is 0 Å². The predicted molar refractivity (Wildman–Crippen MR) is 62.4 cm³/mol. The molecule has 0 heterocycles. The van der Waals surface area contributed by atoms with Gasteiger partial charge in [-0.1, -0.05) is 12.1 Å². The minimum atomic E-state index is -4.67. The van der Waals surface area contributed by atoms with Gasteiger partial charge < -0.3 is 19.8 Å². The van der Waals surface area contributed by atoms with Crippen molar-refractivity contribution in [2.75, 3.05) is 0 Å². The van der Waals surface area contributed by atoms with Gasteiger partial charge in [0.05, 0.1) is 11.9 Å². The van der Waals surface area contributed by atoms with Crippen LogP contribution in [0.15, 0.2) is 35.2 Å². The van der Waals surface area contributed by atoms with E-state index < -0.39 is 32.5 Å². The largest absolute Gasteiger partial charge is 1.00 e. The van der Waals surface area contributed by atoms with Gasteiger partial charge in [0.2, 0.25) is 0 Å². The molecule has 0 atom stereocenters. The van der Waals surface area contributed by atoms with Gasteiger partial charge in [0.1, 0.15) is 4.90 Å². The topological polar surface area (TPSA) is 135 Å². The third kappa shape index (κ3) is 4.53. The zero-order chi connectivity index (χ0) is 15.1. The van der Waals surface area contributed by atoms with E-state index in [1.54, 1.807) is 0 Å². The maximum Gasteiger partial charge on any atom is 1.00 e. The normalized spacial score (nSPS) is 10.4. The third-order valence-corrected chi connectivity index (χ3v) is 3.56. The van der Waals surface area contributed by atoms with Crippen LogP contribution in [0.1, 0.15) is 20.7 Å². The van der Waals surface area contributed by atoms with Gasteiger partial charge in [-0.15, -0.1) is 0 Å². The molecule has 0 aromatic heterocycles. The minimum absolute atomic E-state index is 0. The second-order valence-electron chi connectivity index (χ2n) is 3.96. The Morgan fingerprint density at radius 1 is 0.909 bits per heavy atom. The molecule has 1 N–H and O–H groups in total. The van der Waals surface area contributed by atoms with Crippen molar-refractivity contribution in [1.82, 2.24) is 0 Å². The van der Waals surface area contributed by atoms with E-state index in [2.05, 4.69) is 0 Å². The number of hydrogen-bond acceptors (Lipinski definition) is 6. The first-order chi connectivity index (χ1) is 9.20. The quantitative estimate of drug-likeness (QED) is 0.433. The molecule has 2 aromatic rings. The molecule has 0 aliphatic heterocycles. The van der Waals surface area contributed by atoms with E-state index >= 15 is 0 Å². The molecule has 22 heavy (non-hydrogen) atoms. The molecule has 0 saturated carbocycles. The SMILES string of the molecule is O=C([O-])c1ccc2c(S(=O)(=O)O)cc(C(=O)[O-])cc2c1.[Na+].[Na+]. The zero-order valence-corrected chi connectivity index (χ0v) is 16.5. The smallest absolute Gasteiger partial charge is 0.545 e. The van der Waals surface area contributed by atoms with Crippen LogP contribution < -0.4 is 69.3 Å². The van der Waals surface area contributed by atoms with Gasteiger partial charge in [0.15, 0.2) is 0 Å². The number of carbonyl (C=O) groups is 2. The molecule has 104 valence electrons. The summed E-state index contributed by atoms with van der Waals surface area (Å²) in [5, 5.41) is 21.6. The fourth-order valence-corrected chi connectivity index (χ4v) is 2.53. The van der Waals surface area contributed by atoms with Gasteiger partial charge in [0, 0.05) is 5.39 Å². The second-order valence-corrected chi connectivity index (χ2v) is 5.35. The standard InChI is InChI=1S/C12H8O7S.2Na/c13-11(14)6-1-2-9-7(3-6)4-8(12(15)16)5-10(9)20(17,18)19;;/h1-5H,(H,13,14)(H,15,16)(H,17,18,19);;/q;2*+1/p-2. The van der Waals surface area contributed by atoms with Gasteiger partial charge in [-0.25, -0.2) is 0 Å². The maximum atomic E-state index is 11.3. The number of carbonyl (C=O) groups excluding carboxylic acids is 2. The Balaban J connectivity index is 0.00000220. The Morgan fingerprint density at radius 3 is 1.86 bits per heavy atom. The van der Waals surface area contributed by atoms with Crippen molar-refractivity contribution in [2.45, 2.75) is 4.90 Å². The number of carboxylic acid groups (broad SMARTS) is 2. The van der Waals surface area contributed by atoms with E-state index in [1.807, 2.05) is 0 Å². The first-order valence-corrected chi connectivity index (χ1v) is 6.62. The average molecular weight is 340 g/mol. The van der Waals surface area contributed by atoms with Crippen LogP contribution in [-0.2, 0) is 10.1 Å². The molecule has 0 aliphatic carbocycles. The summed E-state index contributed by atoms with van der Waals surface area (Å²) < 4.78 is 31.6. The van der Waals surface area contributed by atoms with E-state index in [1.165, 1.54) is 0 Å². The number of benzene rings is 2. The molecule has 2 aromatic carbocycles. The van der Waals surface area contributed by atoms with Crippen molar-refractivity contribution < 1.29 is 91.9 Å². The van der Waals surface area contributed by atoms with Gasteiger partial charge in [-0.3, -0.25) is 4.55 Å². The summed E-state index contributed by atoms with van der Waals surface area (Å²) in [6, 6.07) is 5.07. The van der Waals surface area contributed by atoms with Crippen molar-refractivity contribution in [3.63, 3.8) is 0 Å². The van der Waals surface area contributed by atoms with E-state index in [0.29, 0.717) is 0 Å². The third-order valence-electron chi connectivity index (χ3n) is 2.66. The van der Waals surface area contributed by atoms with Crippen LogP contribution in [0.5, 0.6) is 0 Å². The molecule has 0 unspecified atom stereocenters. The summed E-state index contributed by atoms with van der Waals surface area (Å²) in [7, 11) is -4.67. The summed E-state index contributed by atoms with van der Waals surface area (Å²) in [6.45, 7) is 0. The van der Waals surface area contributed by atoms with Crippen LogP contribution >= 0.6 is 0 Å². The Labute approximate surface area is 169 Å². The Morgan fingerprint density at radius 2 is 1.41 bits per heavy atom. The number of aromatic carboxylic acids is 2. The Hall–Kier alpha value is -0.450. The molecule has 10 heteroatoms. The molecular weight excluding hydrogens is 334 g/mol. The summed E-state index contributed by atoms with van der Waals surface area (Å²) in [6.07, 6.45) is 0. The molecule has 2 rings (SSSR count). The fraction of sp³-hybridized carbons (Fsp3) is 0. The van der Waals surface area contributed by atoms with Crippen molar-refractivity contribution in [3.05, 3.63) is 41.5 Å². The molecule has 0 fully saturated rings. The zero-order valence-electron chi connectivity index (χ0n) is 11.7.